The maximum absolute atomic E-state index is 12.1. The fourth-order valence-electron chi connectivity index (χ4n) is 2.30. The number of benzene rings is 2. The standard InChI is InChI=1S/C18H17ClN4OS/c1-13(14-2-6-16(7-3-14)23-12-20-11-21-23)22-18(24)10-25-17-8-4-15(19)5-9-17/h2-9,11-13H,10H2,1H3,(H,22,24). The van der Waals surface area contributed by atoms with E-state index in [0.29, 0.717) is 10.8 Å². The highest BCUT2D eigenvalue weighted by Gasteiger charge is 2.10. The molecular weight excluding hydrogens is 356 g/mol. The van der Waals surface area contributed by atoms with Gasteiger partial charge in [0.2, 0.25) is 5.91 Å². The van der Waals surface area contributed by atoms with E-state index in [2.05, 4.69) is 15.4 Å². The fraction of sp³-hybridized carbons (Fsp3) is 0.167. The highest BCUT2D eigenvalue weighted by Crippen LogP contribution is 2.21. The second-order valence-electron chi connectivity index (χ2n) is 5.46. The number of carbonyl (C=O) groups excluding carboxylic acids is 1. The molecule has 3 rings (SSSR count). The Kier molecular flexibility index (Phi) is 5.73. The van der Waals surface area contributed by atoms with Gasteiger partial charge in [-0.15, -0.1) is 11.8 Å². The lowest BCUT2D eigenvalue weighted by Crippen LogP contribution is -2.28. The summed E-state index contributed by atoms with van der Waals surface area (Å²) in [5.74, 6) is 0.357. The molecule has 2 aromatic carbocycles. The van der Waals surface area contributed by atoms with Crippen molar-refractivity contribution in [1.82, 2.24) is 20.1 Å². The van der Waals surface area contributed by atoms with Crippen molar-refractivity contribution < 1.29 is 4.79 Å². The van der Waals surface area contributed by atoms with Gasteiger partial charge < -0.3 is 5.32 Å². The van der Waals surface area contributed by atoms with Gasteiger partial charge in [-0.2, -0.15) is 5.10 Å². The van der Waals surface area contributed by atoms with Crippen molar-refractivity contribution in [3.8, 4) is 5.69 Å². The Morgan fingerprint density at radius 2 is 1.92 bits per heavy atom. The van der Waals surface area contributed by atoms with Crippen LogP contribution in [0.3, 0.4) is 0 Å². The average Bonchev–Trinajstić information content (AvgIpc) is 3.16. The first kappa shape index (κ1) is 17.5. The molecule has 0 radical (unpaired) electrons. The molecule has 0 saturated heterocycles. The molecule has 0 spiro atoms. The topological polar surface area (TPSA) is 59.8 Å². The van der Waals surface area contributed by atoms with Crippen LogP contribution in [-0.4, -0.2) is 26.4 Å². The van der Waals surface area contributed by atoms with Gasteiger partial charge in [0.15, 0.2) is 0 Å². The van der Waals surface area contributed by atoms with E-state index in [1.165, 1.54) is 18.1 Å². The summed E-state index contributed by atoms with van der Waals surface area (Å²) in [5.41, 5.74) is 1.96. The minimum absolute atomic E-state index is 0.00666. The van der Waals surface area contributed by atoms with Crippen LogP contribution in [-0.2, 0) is 4.79 Å². The number of hydrogen-bond donors (Lipinski definition) is 1. The Morgan fingerprint density at radius 1 is 1.20 bits per heavy atom. The van der Waals surface area contributed by atoms with Crippen molar-refractivity contribution in [2.24, 2.45) is 0 Å². The summed E-state index contributed by atoms with van der Waals surface area (Å²) < 4.78 is 1.69. The molecule has 0 saturated carbocycles. The van der Waals surface area contributed by atoms with Gasteiger partial charge in [0.05, 0.1) is 17.5 Å². The molecule has 3 aromatic rings. The van der Waals surface area contributed by atoms with Crippen LogP contribution < -0.4 is 5.32 Å². The summed E-state index contributed by atoms with van der Waals surface area (Å²) in [5, 5.41) is 7.80. The molecule has 5 nitrogen and oxygen atoms in total. The third kappa shape index (κ3) is 4.84. The smallest absolute Gasteiger partial charge is 0.230 e. The molecule has 1 unspecified atom stereocenters. The van der Waals surface area contributed by atoms with Crippen LogP contribution in [0.1, 0.15) is 18.5 Å². The zero-order valence-electron chi connectivity index (χ0n) is 13.6. The predicted octanol–water partition coefficient (Wildman–Crippen LogP) is 3.89. The number of carbonyl (C=O) groups is 1. The van der Waals surface area contributed by atoms with Crippen LogP contribution in [0.5, 0.6) is 0 Å². The zero-order valence-corrected chi connectivity index (χ0v) is 15.2. The van der Waals surface area contributed by atoms with Crippen molar-refractivity contribution in [3.63, 3.8) is 0 Å². The van der Waals surface area contributed by atoms with E-state index in [0.717, 1.165) is 16.1 Å². The zero-order chi connectivity index (χ0) is 17.6. The van der Waals surface area contributed by atoms with Crippen LogP contribution in [0.25, 0.3) is 5.69 Å². The third-order valence-corrected chi connectivity index (χ3v) is 4.90. The first-order chi connectivity index (χ1) is 12.1. The van der Waals surface area contributed by atoms with Crippen LogP contribution in [0, 0.1) is 0 Å². The van der Waals surface area contributed by atoms with Gasteiger partial charge in [0.25, 0.3) is 0 Å². The van der Waals surface area contributed by atoms with E-state index in [4.69, 9.17) is 11.6 Å². The van der Waals surface area contributed by atoms with Crippen LogP contribution >= 0.6 is 23.4 Å². The van der Waals surface area contributed by atoms with Gasteiger partial charge in [-0.05, 0) is 48.9 Å². The fourth-order valence-corrected chi connectivity index (χ4v) is 3.14. The van der Waals surface area contributed by atoms with Crippen molar-refractivity contribution in [3.05, 3.63) is 71.8 Å². The molecule has 0 aliphatic rings. The molecule has 0 bridgehead atoms. The quantitative estimate of drug-likeness (QED) is 0.667. The largest absolute Gasteiger partial charge is 0.349 e. The lowest BCUT2D eigenvalue weighted by atomic mass is 10.1. The van der Waals surface area contributed by atoms with E-state index >= 15 is 0 Å². The number of nitrogens with one attached hydrogen (secondary N) is 1. The van der Waals surface area contributed by atoms with E-state index in [9.17, 15) is 4.79 Å². The second kappa shape index (κ2) is 8.18. The maximum Gasteiger partial charge on any atom is 0.230 e. The number of thioether (sulfide) groups is 1. The van der Waals surface area contributed by atoms with Crippen molar-refractivity contribution in [2.75, 3.05) is 5.75 Å². The molecule has 1 N–H and O–H groups in total. The average molecular weight is 373 g/mol. The normalized spacial score (nSPS) is 11.9. The van der Waals surface area contributed by atoms with Gasteiger partial charge in [-0.25, -0.2) is 9.67 Å². The van der Waals surface area contributed by atoms with Gasteiger partial charge in [-0.1, -0.05) is 23.7 Å². The molecule has 0 aliphatic carbocycles. The summed E-state index contributed by atoms with van der Waals surface area (Å²) >= 11 is 7.34. The third-order valence-electron chi connectivity index (χ3n) is 3.64. The van der Waals surface area contributed by atoms with E-state index < -0.39 is 0 Å². The summed E-state index contributed by atoms with van der Waals surface area (Å²) in [6.45, 7) is 1.97. The van der Waals surface area contributed by atoms with Crippen LogP contribution in [0.15, 0.2) is 66.1 Å². The SMILES string of the molecule is CC(NC(=O)CSc1ccc(Cl)cc1)c1ccc(-n2cncn2)cc1. The lowest BCUT2D eigenvalue weighted by molar-refractivity contribution is -0.119. The number of amides is 1. The molecule has 7 heteroatoms. The number of aromatic nitrogens is 3. The molecule has 25 heavy (non-hydrogen) atoms. The Labute approximate surface area is 155 Å². The monoisotopic (exact) mass is 372 g/mol. The van der Waals surface area contributed by atoms with Crippen LogP contribution in [0.4, 0.5) is 0 Å². The molecular formula is C18H17ClN4OS. The van der Waals surface area contributed by atoms with E-state index in [1.54, 1.807) is 11.0 Å². The molecule has 1 aromatic heterocycles. The molecule has 1 amide bonds. The summed E-state index contributed by atoms with van der Waals surface area (Å²) in [4.78, 5) is 17.1. The summed E-state index contributed by atoms with van der Waals surface area (Å²) in [6, 6.07) is 15.3. The van der Waals surface area contributed by atoms with Gasteiger partial charge in [0.1, 0.15) is 12.7 Å². The van der Waals surface area contributed by atoms with E-state index in [1.807, 2.05) is 55.5 Å². The minimum Gasteiger partial charge on any atom is -0.349 e. The number of hydrogen-bond acceptors (Lipinski definition) is 4. The first-order valence-corrected chi connectivity index (χ1v) is 9.11. The van der Waals surface area contributed by atoms with Crippen molar-refractivity contribution in [2.45, 2.75) is 17.9 Å². The minimum atomic E-state index is -0.0666. The maximum atomic E-state index is 12.1. The summed E-state index contributed by atoms with van der Waals surface area (Å²) in [6.07, 6.45) is 3.14. The Balaban J connectivity index is 1.53. The Bertz CT molecular complexity index is 819. The lowest BCUT2D eigenvalue weighted by Gasteiger charge is -2.15. The number of rotatable bonds is 6. The molecule has 1 heterocycles. The van der Waals surface area contributed by atoms with Crippen LogP contribution in [0.2, 0.25) is 5.02 Å². The number of nitrogens with zero attached hydrogens (tertiary/aromatic N) is 3. The molecule has 0 aliphatic heterocycles. The van der Waals surface area contributed by atoms with Gasteiger partial charge >= 0.3 is 0 Å². The first-order valence-electron chi connectivity index (χ1n) is 7.74. The second-order valence-corrected chi connectivity index (χ2v) is 6.95. The molecule has 0 fully saturated rings. The van der Waals surface area contributed by atoms with E-state index in [-0.39, 0.29) is 11.9 Å². The van der Waals surface area contributed by atoms with Gasteiger partial charge in [0, 0.05) is 9.92 Å². The highest BCUT2D eigenvalue weighted by molar-refractivity contribution is 8.00. The Morgan fingerprint density at radius 3 is 2.56 bits per heavy atom. The molecule has 1 atom stereocenters. The van der Waals surface area contributed by atoms with Gasteiger partial charge in [-0.3, -0.25) is 4.79 Å². The van der Waals surface area contributed by atoms with Crippen molar-refractivity contribution >= 4 is 29.3 Å². The Hall–Kier alpha value is -2.31. The van der Waals surface area contributed by atoms with Crippen molar-refractivity contribution in [1.29, 1.82) is 0 Å². The predicted molar refractivity (Wildman–Crippen MR) is 100 cm³/mol. The number of halogens is 1. The highest BCUT2D eigenvalue weighted by atomic mass is 35.5. The summed E-state index contributed by atoms with van der Waals surface area (Å²) in [7, 11) is 0. The molecule has 128 valence electrons.